The van der Waals surface area contributed by atoms with E-state index >= 15 is 0 Å². The van der Waals surface area contributed by atoms with Gasteiger partial charge in [-0.1, -0.05) is 53.7 Å². The Morgan fingerprint density at radius 3 is 2.18 bits per heavy atom. The van der Waals surface area contributed by atoms with E-state index in [0.717, 1.165) is 0 Å². The molecule has 0 saturated heterocycles. The molecule has 0 bridgehead atoms. The van der Waals surface area contributed by atoms with E-state index in [1.807, 2.05) is 6.07 Å². The summed E-state index contributed by atoms with van der Waals surface area (Å²) < 4.78 is 35.3. The van der Waals surface area contributed by atoms with Crippen molar-refractivity contribution in [1.29, 1.82) is 0 Å². The lowest BCUT2D eigenvalue weighted by atomic mass is 10.1. The van der Waals surface area contributed by atoms with Crippen LogP contribution in [0.4, 0.5) is 0 Å². The summed E-state index contributed by atoms with van der Waals surface area (Å²) >= 11 is 0. The van der Waals surface area contributed by atoms with Gasteiger partial charge in [-0.15, -0.1) is 0 Å². The summed E-state index contributed by atoms with van der Waals surface area (Å²) in [5, 5.41) is 3.86. The van der Waals surface area contributed by atoms with Crippen molar-refractivity contribution >= 4 is 10.1 Å². The monoisotopic (exact) mass is 315 g/mol. The summed E-state index contributed by atoms with van der Waals surface area (Å²) in [5.74, 6) is 0.428. The maximum atomic E-state index is 12.6. The molecular formula is C16H13NO4S. The van der Waals surface area contributed by atoms with Crippen molar-refractivity contribution in [2.75, 3.05) is 0 Å². The Bertz CT molecular complexity index is 871. The lowest BCUT2D eigenvalue weighted by Gasteiger charge is -2.07. The van der Waals surface area contributed by atoms with Gasteiger partial charge in [-0.2, -0.15) is 8.42 Å². The third kappa shape index (κ3) is 2.73. The second-order valence-electron chi connectivity index (χ2n) is 4.63. The lowest BCUT2D eigenvalue weighted by molar-refractivity contribution is 0.394. The van der Waals surface area contributed by atoms with Gasteiger partial charge in [-0.3, -0.25) is 0 Å². The molecule has 0 radical (unpaired) electrons. The molecule has 6 heteroatoms. The normalized spacial score (nSPS) is 11.3. The number of rotatable bonds is 4. The largest absolute Gasteiger partial charge is 0.379 e. The fourth-order valence-corrected chi connectivity index (χ4v) is 3.31. The van der Waals surface area contributed by atoms with Crippen LogP contribution < -0.4 is 4.18 Å². The summed E-state index contributed by atoms with van der Waals surface area (Å²) in [5.41, 5.74) is 0.892. The van der Waals surface area contributed by atoms with Crippen LogP contribution in [-0.4, -0.2) is 13.6 Å². The zero-order chi connectivity index (χ0) is 15.6. The molecular weight excluding hydrogens is 302 g/mol. The van der Waals surface area contributed by atoms with Gasteiger partial charge in [0.05, 0.1) is 0 Å². The predicted octanol–water partition coefficient (Wildman–Crippen LogP) is 3.42. The van der Waals surface area contributed by atoms with Crippen LogP contribution in [-0.2, 0) is 10.1 Å². The van der Waals surface area contributed by atoms with Crippen molar-refractivity contribution in [2.45, 2.75) is 11.8 Å². The fraction of sp³-hybridized carbons (Fsp3) is 0.0625. The van der Waals surface area contributed by atoms with Gasteiger partial charge in [0.15, 0.2) is 10.7 Å². The Morgan fingerprint density at radius 2 is 1.55 bits per heavy atom. The molecule has 112 valence electrons. The summed E-state index contributed by atoms with van der Waals surface area (Å²) in [7, 11) is -4.04. The topological polar surface area (TPSA) is 69.4 Å². The molecule has 0 amide bonds. The first-order chi connectivity index (χ1) is 10.6. The number of hydrogen-bond acceptors (Lipinski definition) is 5. The zero-order valence-electron chi connectivity index (χ0n) is 11.8. The molecule has 0 atom stereocenters. The quantitative estimate of drug-likeness (QED) is 0.690. The molecule has 0 aliphatic heterocycles. The van der Waals surface area contributed by atoms with Gasteiger partial charge in [-0.25, -0.2) is 0 Å². The van der Waals surface area contributed by atoms with Crippen molar-refractivity contribution in [3.63, 3.8) is 0 Å². The smallest absolute Gasteiger partial charge is 0.345 e. The summed E-state index contributed by atoms with van der Waals surface area (Å²) in [6.07, 6.45) is 0. The van der Waals surface area contributed by atoms with Gasteiger partial charge in [0.2, 0.25) is 0 Å². The van der Waals surface area contributed by atoms with E-state index in [1.54, 1.807) is 61.5 Å². The van der Waals surface area contributed by atoms with Crippen LogP contribution in [0.2, 0.25) is 0 Å². The van der Waals surface area contributed by atoms with Gasteiger partial charge in [0.1, 0.15) is 11.4 Å². The molecule has 0 saturated carbocycles. The zero-order valence-corrected chi connectivity index (χ0v) is 12.6. The lowest BCUT2D eigenvalue weighted by Crippen LogP contribution is -2.11. The second kappa shape index (κ2) is 5.65. The van der Waals surface area contributed by atoms with Gasteiger partial charge in [-0.05, 0) is 19.1 Å². The van der Waals surface area contributed by atoms with Crippen molar-refractivity contribution in [3.05, 3.63) is 66.4 Å². The van der Waals surface area contributed by atoms with Gasteiger partial charge in [0, 0.05) is 5.56 Å². The molecule has 22 heavy (non-hydrogen) atoms. The third-order valence-electron chi connectivity index (χ3n) is 3.06. The van der Waals surface area contributed by atoms with Gasteiger partial charge in [0.25, 0.3) is 0 Å². The van der Waals surface area contributed by atoms with Crippen LogP contribution in [0.5, 0.6) is 5.75 Å². The average molecular weight is 315 g/mol. The molecule has 5 nitrogen and oxygen atoms in total. The number of para-hydroxylation sites is 1. The molecule has 3 aromatic rings. The first-order valence-corrected chi connectivity index (χ1v) is 8.00. The Labute approximate surface area is 128 Å². The molecule has 1 aromatic heterocycles. The maximum absolute atomic E-state index is 12.6. The highest BCUT2D eigenvalue weighted by Crippen LogP contribution is 2.31. The fourth-order valence-electron chi connectivity index (χ4n) is 2.08. The molecule has 1 heterocycles. The number of benzene rings is 2. The van der Waals surface area contributed by atoms with Crippen LogP contribution in [0, 0.1) is 6.92 Å². The standard InChI is InChI=1S/C16H13NO4S/c1-12-16(15(17-20-12)13-8-4-2-5-9-13)22(18,19)21-14-10-6-3-7-11-14/h2-11H,1H3. The highest BCUT2D eigenvalue weighted by molar-refractivity contribution is 7.87. The van der Waals surface area contributed by atoms with Crippen LogP contribution >= 0.6 is 0 Å². The molecule has 0 aliphatic rings. The van der Waals surface area contributed by atoms with E-state index < -0.39 is 10.1 Å². The Morgan fingerprint density at radius 1 is 0.955 bits per heavy atom. The Hall–Kier alpha value is -2.60. The molecule has 3 rings (SSSR count). The SMILES string of the molecule is Cc1onc(-c2ccccc2)c1S(=O)(=O)Oc1ccccc1. The first kappa shape index (κ1) is 14.3. The Kier molecular flexibility index (Phi) is 3.68. The second-order valence-corrected chi connectivity index (χ2v) is 6.12. The number of hydrogen-bond donors (Lipinski definition) is 0. The van der Waals surface area contributed by atoms with Crippen molar-refractivity contribution < 1.29 is 17.1 Å². The molecule has 0 N–H and O–H groups in total. The third-order valence-corrected chi connectivity index (χ3v) is 4.45. The van der Waals surface area contributed by atoms with Crippen molar-refractivity contribution in [3.8, 4) is 17.0 Å². The van der Waals surface area contributed by atoms with Crippen LogP contribution in [0.15, 0.2) is 70.1 Å². The van der Waals surface area contributed by atoms with E-state index in [-0.39, 0.29) is 22.1 Å². The maximum Gasteiger partial charge on any atom is 0.345 e. The molecule has 0 fully saturated rings. The minimum atomic E-state index is -4.04. The molecule has 2 aromatic carbocycles. The summed E-state index contributed by atoms with van der Waals surface area (Å²) in [6.45, 7) is 1.54. The van der Waals surface area contributed by atoms with Crippen molar-refractivity contribution in [1.82, 2.24) is 5.16 Å². The summed E-state index contributed by atoms with van der Waals surface area (Å²) in [6, 6.07) is 17.3. The highest BCUT2D eigenvalue weighted by atomic mass is 32.2. The molecule has 0 aliphatic carbocycles. The van der Waals surface area contributed by atoms with E-state index in [4.69, 9.17) is 8.71 Å². The van der Waals surface area contributed by atoms with E-state index in [2.05, 4.69) is 5.16 Å². The minimum absolute atomic E-state index is 0.0532. The molecule has 0 spiro atoms. The van der Waals surface area contributed by atoms with Crippen molar-refractivity contribution in [2.24, 2.45) is 0 Å². The molecule has 0 unspecified atom stereocenters. The van der Waals surface area contributed by atoms with Gasteiger partial charge < -0.3 is 8.71 Å². The first-order valence-electron chi connectivity index (χ1n) is 6.59. The van der Waals surface area contributed by atoms with Gasteiger partial charge >= 0.3 is 10.1 Å². The summed E-state index contributed by atoms with van der Waals surface area (Å²) in [4.78, 5) is -0.0532. The number of aromatic nitrogens is 1. The number of aryl methyl sites for hydroxylation is 1. The van der Waals surface area contributed by atoms with Crippen LogP contribution in [0.3, 0.4) is 0 Å². The van der Waals surface area contributed by atoms with Crippen LogP contribution in [0.25, 0.3) is 11.3 Å². The average Bonchev–Trinajstić information content (AvgIpc) is 2.91. The van der Waals surface area contributed by atoms with E-state index in [0.29, 0.717) is 5.56 Å². The van der Waals surface area contributed by atoms with Crippen LogP contribution in [0.1, 0.15) is 5.76 Å². The predicted molar refractivity (Wildman–Crippen MR) is 80.9 cm³/mol. The minimum Gasteiger partial charge on any atom is -0.379 e. The highest BCUT2D eigenvalue weighted by Gasteiger charge is 2.29. The Balaban J connectivity index is 2.06. The van der Waals surface area contributed by atoms with E-state index in [1.165, 1.54) is 0 Å². The number of nitrogens with zero attached hydrogens (tertiary/aromatic N) is 1. The van der Waals surface area contributed by atoms with E-state index in [9.17, 15) is 8.42 Å².